The fourth-order valence-corrected chi connectivity index (χ4v) is 1.27. The van der Waals surface area contributed by atoms with Crippen LogP contribution in [0, 0.1) is 0 Å². The number of thiol groups is 1. The Morgan fingerprint density at radius 2 is 2.50 bits per heavy atom. The zero-order chi connectivity index (χ0) is 7.98. The standard InChI is InChI=1S/C5H11NO2S2/c1-2-10-6-4(3-9)5(7)8/h4,6,9H,2-3H2,1H3,(H,7,8). The molecule has 0 radical (unpaired) electrons. The molecule has 0 saturated heterocycles. The molecule has 0 heterocycles. The molecule has 1 atom stereocenters. The summed E-state index contributed by atoms with van der Waals surface area (Å²) < 4.78 is 2.76. The zero-order valence-electron chi connectivity index (χ0n) is 5.70. The Morgan fingerprint density at radius 1 is 1.90 bits per heavy atom. The molecule has 0 aliphatic heterocycles. The van der Waals surface area contributed by atoms with Crippen LogP contribution in [0.5, 0.6) is 0 Å². The summed E-state index contributed by atoms with van der Waals surface area (Å²) in [5.41, 5.74) is 0. The molecule has 0 rings (SSSR count). The van der Waals surface area contributed by atoms with E-state index in [4.69, 9.17) is 5.11 Å². The predicted molar refractivity (Wildman–Crippen MR) is 46.5 cm³/mol. The molecule has 0 fully saturated rings. The van der Waals surface area contributed by atoms with Crippen molar-refractivity contribution >= 4 is 30.5 Å². The summed E-state index contributed by atoms with van der Waals surface area (Å²) in [4.78, 5) is 10.3. The summed E-state index contributed by atoms with van der Waals surface area (Å²) in [5, 5.41) is 8.48. The molecule has 10 heavy (non-hydrogen) atoms. The third-order valence-electron chi connectivity index (χ3n) is 0.851. The SMILES string of the molecule is CCSNC(CS)C(=O)O. The Labute approximate surface area is 70.1 Å². The summed E-state index contributed by atoms with van der Waals surface area (Å²) >= 11 is 5.26. The lowest BCUT2D eigenvalue weighted by Crippen LogP contribution is -2.33. The lowest BCUT2D eigenvalue weighted by molar-refractivity contribution is -0.138. The maximum Gasteiger partial charge on any atom is 0.322 e. The number of carboxylic acids is 1. The van der Waals surface area contributed by atoms with Crippen molar-refractivity contribution in [3.63, 3.8) is 0 Å². The van der Waals surface area contributed by atoms with E-state index in [1.165, 1.54) is 11.9 Å². The van der Waals surface area contributed by atoms with Crippen LogP contribution < -0.4 is 4.72 Å². The first-order chi connectivity index (χ1) is 4.72. The van der Waals surface area contributed by atoms with Gasteiger partial charge in [0.25, 0.3) is 0 Å². The Morgan fingerprint density at radius 3 is 2.80 bits per heavy atom. The lowest BCUT2D eigenvalue weighted by atomic mass is 10.4. The molecule has 0 saturated carbocycles. The average molecular weight is 181 g/mol. The molecule has 0 aromatic carbocycles. The normalized spacial score (nSPS) is 13.0. The largest absolute Gasteiger partial charge is 0.480 e. The molecule has 3 nitrogen and oxygen atoms in total. The van der Waals surface area contributed by atoms with Gasteiger partial charge in [0.15, 0.2) is 0 Å². The summed E-state index contributed by atoms with van der Waals surface area (Å²) in [6.45, 7) is 1.95. The first-order valence-electron chi connectivity index (χ1n) is 2.93. The van der Waals surface area contributed by atoms with E-state index in [-0.39, 0.29) is 0 Å². The van der Waals surface area contributed by atoms with Gasteiger partial charge in [0.05, 0.1) is 0 Å². The third kappa shape index (κ3) is 4.03. The maximum absolute atomic E-state index is 10.3. The van der Waals surface area contributed by atoms with Crippen molar-refractivity contribution in [1.82, 2.24) is 4.72 Å². The van der Waals surface area contributed by atoms with Crippen molar-refractivity contribution in [2.45, 2.75) is 13.0 Å². The third-order valence-corrected chi connectivity index (χ3v) is 1.96. The molecule has 60 valence electrons. The van der Waals surface area contributed by atoms with E-state index < -0.39 is 12.0 Å². The van der Waals surface area contributed by atoms with Crippen LogP contribution in [0.3, 0.4) is 0 Å². The van der Waals surface area contributed by atoms with Gasteiger partial charge in [-0.25, -0.2) is 4.72 Å². The van der Waals surface area contributed by atoms with Gasteiger partial charge in [-0.15, -0.1) is 0 Å². The minimum Gasteiger partial charge on any atom is -0.480 e. The van der Waals surface area contributed by atoms with Crippen molar-refractivity contribution in [2.75, 3.05) is 11.5 Å². The van der Waals surface area contributed by atoms with E-state index in [1.807, 2.05) is 6.92 Å². The van der Waals surface area contributed by atoms with Gasteiger partial charge < -0.3 is 5.11 Å². The van der Waals surface area contributed by atoms with E-state index >= 15 is 0 Å². The van der Waals surface area contributed by atoms with Crippen LogP contribution in [0.2, 0.25) is 0 Å². The van der Waals surface area contributed by atoms with Crippen molar-refractivity contribution in [2.24, 2.45) is 0 Å². The highest BCUT2D eigenvalue weighted by Crippen LogP contribution is 1.97. The highest BCUT2D eigenvalue weighted by molar-refractivity contribution is 7.97. The van der Waals surface area contributed by atoms with E-state index in [2.05, 4.69) is 17.4 Å². The molecule has 0 aromatic rings. The first-order valence-corrected chi connectivity index (χ1v) is 4.55. The Hall–Kier alpha value is 0.130. The van der Waals surface area contributed by atoms with Crippen molar-refractivity contribution in [3.8, 4) is 0 Å². The molecule has 0 aliphatic rings. The zero-order valence-corrected chi connectivity index (χ0v) is 7.41. The van der Waals surface area contributed by atoms with Crippen LogP contribution in [0.1, 0.15) is 6.92 Å². The fraction of sp³-hybridized carbons (Fsp3) is 0.800. The quantitative estimate of drug-likeness (QED) is 0.430. The van der Waals surface area contributed by atoms with Crippen LogP contribution in [0.4, 0.5) is 0 Å². The minimum absolute atomic E-state index is 0.322. The molecule has 2 N–H and O–H groups in total. The van der Waals surface area contributed by atoms with Crippen LogP contribution in [-0.2, 0) is 4.79 Å². The summed E-state index contributed by atoms with van der Waals surface area (Å²) in [6, 6.07) is -0.534. The summed E-state index contributed by atoms with van der Waals surface area (Å²) in [7, 11) is 0. The minimum atomic E-state index is -0.851. The molecule has 0 spiro atoms. The second kappa shape index (κ2) is 5.88. The molecular formula is C5H11NO2S2. The predicted octanol–water partition coefficient (Wildman–Crippen LogP) is 0.627. The van der Waals surface area contributed by atoms with Gasteiger partial charge in [-0.05, 0) is 0 Å². The second-order valence-corrected chi connectivity index (χ2v) is 3.09. The molecule has 0 amide bonds. The molecule has 0 aromatic heterocycles. The maximum atomic E-state index is 10.3. The molecular weight excluding hydrogens is 170 g/mol. The number of rotatable bonds is 5. The number of nitrogens with one attached hydrogen (secondary N) is 1. The molecule has 5 heteroatoms. The number of hydrogen-bond donors (Lipinski definition) is 3. The van der Waals surface area contributed by atoms with E-state index in [0.717, 1.165) is 5.75 Å². The van der Waals surface area contributed by atoms with Gasteiger partial charge >= 0.3 is 5.97 Å². The first kappa shape index (κ1) is 10.1. The highest BCUT2D eigenvalue weighted by Gasteiger charge is 2.13. The summed E-state index contributed by atoms with van der Waals surface area (Å²) in [5.74, 6) is 0.329. The van der Waals surface area contributed by atoms with Gasteiger partial charge in [0.2, 0.25) is 0 Å². The Bertz CT molecular complexity index is 110. The van der Waals surface area contributed by atoms with Gasteiger partial charge in [-0.2, -0.15) is 12.6 Å². The topological polar surface area (TPSA) is 49.3 Å². The van der Waals surface area contributed by atoms with Crippen molar-refractivity contribution < 1.29 is 9.90 Å². The monoisotopic (exact) mass is 181 g/mol. The second-order valence-electron chi connectivity index (χ2n) is 1.62. The van der Waals surface area contributed by atoms with E-state index in [9.17, 15) is 4.79 Å². The smallest absolute Gasteiger partial charge is 0.322 e. The molecule has 0 aliphatic carbocycles. The Kier molecular flexibility index (Phi) is 5.96. The van der Waals surface area contributed by atoms with Gasteiger partial charge in [-0.1, -0.05) is 18.9 Å². The van der Waals surface area contributed by atoms with E-state index in [1.54, 1.807) is 0 Å². The van der Waals surface area contributed by atoms with Crippen LogP contribution in [-0.4, -0.2) is 28.6 Å². The van der Waals surface area contributed by atoms with Gasteiger partial charge in [0, 0.05) is 11.5 Å². The summed E-state index contributed by atoms with van der Waals surface area (Å²) in [6.07, 6.45) is 0. The van der Waals surface area contributed by atoms with Crippen molar-refractivity contribution in [3.05, 3.63) is 0 Å². The molecule has 1 unspecified atom stereocenters. The number of carboxylic acid groups (broad SMARTS) is 1. The highest BCUT2D eigenvalue weighted by atomic mass is 32.2. The number of carbonyl (C=O) groups is 1. The average Bonchev–Trinajstić information content (AvgIpc) is 1.89. The van der Waals surface area contributed by atoms with Crippen LogP contribution >= 0.6 is 24.6 Å². The van der Waals surface area contributed by atoms with Gasteiger partial charge in [0.1, 0.15) is 6.04 Å². The fourth-order valence-electron chi connectivity index (χ4n) is 0.350. The van der Waals surface area contributed by atoms with Gasteiger partial charge in [-0.3, -0.25) is 4.79 Å². The van der Waals surface area contributed by atoms with Crippen molar-refractivity contribution in [1.29, 1.82) is 0 Å². The van der Waals surface area contributed by atoms with Crippen LogP contribution in [0.25, 0.3) is 0 Å². The molecule has 0 bridgehead atoms. The lowest BCUT2D eigenvalue weighted by Gasteiger charge is -2.08. The van der Waals surface area contributed by atoms with E-state index in [0.29, 0.717) is 5.75 Å². The van der Waals surface area contributed by atoms with Crippen LogP contribution in [0.15, 0.2) is 0 Å². The Balaban J connectivity index is 3.50. The number of hydrogen-bond acceptors (Lipinski definition) is 4. The number of aliphatic carboxylic acids is 1.